The molecule has 0 N–H and O–H groups in total. The van der Waals surface area contributed by atoms with Gasteiger partial charge in [0.1, 0.15) is 5.92 Å². The summed E-state index contributed by atoms with van der Waals surface area (Å²) < 4.78 is 5.18. The SMILES string of the molecule is CCOC(=O)C1CCc2sc(N3CCSC(CC)C3)nc21. The zero-order valence-corrected chi connectivity index (χ0v) is 14.3. The molecule has 2 heterocycles. The molecule has 2 atom stereocenters. The number of anilines is 1. The molecule has 1 aromatic rings. The standard InChI is InChI=1S/C15H22N2O2S2/c1-3-10-9-17(7-8-20-10)15-16-13-11(14(18)19-4-2)5-6-12(13)21-15/h10-11H,3-9H2,1-2H3. The summed E-state index contributed by atoms with van der Waals surface area (Å²) in [6, 6.07) is 0. The highest BCUT2D eigenvalue weighted by molar-refractivity contribution is 8.00. The summed E-state index contributed by atoms with van der Waals surface area (Å²) in [5, 5.41) is 1.81. The highest BCUT2D eigenvalue weighted by atomic mass is 32.2. The van der Waals surface area contributed by atoms with E-state index in [0.29, 0.717) is 11.9 Å². The summed E-state index contributed by atoms with van der Waals surface area (Å²) in [5.74, 6) is 0.934. The predicted molar refractivity (Wildman–Crippen MR) is 88.6 cm³/mol. The van der Waals surface area contributed by atoms with Crippen LogP contribution in [0.25, 0.3) is 0 Å². The molecule has 0 aromatic carbocycles. The van der Waals surface area contributed by atoms with Crippen LogP contribution >= 0.6 is 23.1 Å². The molecular weight excluding hydrogens is 304 g/mol. The molecule has 0 radical (unpaired) electrons. The highest BCUT2D eigenvalue weighted by Gasteiger charge is 2.34. The van der Waals surface area contributed by atoms with E-state index < -0.39 is 0 Å². The predicted octanol–water partition coefficient (Wildman–Crippen LogP) is 3.07. The van der Waals surface area contributed by atoms with Crippen molar-refractivity contribution in [3.63, 3.8) is 0 Å². The van der Waals surface area contributed by atoms with Gasteiger partial charge < -0.3 is 9.64 Å². The molecule has 1 saturated heterocycles. The number of hydrogen-bond acceptors (Lipinski definition) is 6. The molecule has 1 aliphatic heterocycles. The molecule has 0 spiro atoms. The van der Waals surface area contributed by atoms with Crippen LogP contribution in [0, 0.1) is 0 Å². The van der Waals surface area contributed by atoms with Gasteiger partial charge in [0.25, 0.3) is 0 Å². The van der Waals surface area contributed by atoms with E-state index in [9.17, 15) is 4.79 Å². The van der Waals surface area contributed by atoms with E-state index in [-0.39, 0.29) is 11.9 Å². The number of carbonyl (C=O) groups excluding carboxylic acids is 1. The molecule has 2 aliphatic rings. The minimum absolute atomic E-state index is 0.103. The minimum atomic E-state index is -0.133. The van der Waals surface area contributed by atoms with Crippen molar-refractivity contribution in [3.05, 3.63) is 10.6 Å². The molecule has 6 heteroatoms. The lowest BCUT2D eigenvalue weighted by molar-refractivity contribution is -0.145. The minimum Gasteiger partial charge on any atom is -0.465 e. The summed E-state index contributed by atoms with van der Waals surface area (Å²) in [4.78, 5) is 20.5. The Balaban J connectivity index is 1.75. The molecule has 0 saturated carbocycles. The van der Waals surface area contributed by atoms with Gasteiger partial charge in [-0.05, 0) is 26.2 Å². The molecule has 1 fully saturated rings. The normalized spacial score (nSPS) is 25.0. The van der Waals surface area contributed by atoms with Crippen LogP contribution in [0.1, 0.15) is 43.2 Å². The first-order valence-electron chi connectivity index (χ1n) is 7.75. The van der Waals surface area contributed by atoms with Gasteiger partial charge in [0.2, 0.25) is 0 Å². The van der Waals surface area contributed by atoms with Crippen molar-refractivity contribution in [2.24, 2.45) is 0 Å². The third-order valence-corrected chi connectivity index (χ3v) is 6.71. The van der Waals surface area contributed by atoms with Crippen molar-refractivity contribution in [1.82, 2.24) is 4.98 Å². The van der Waals surface area contributed by atoms with Crippen LogP contribution in [-0.4, -0.2) is 41.7 Å². The monoisotopic (exact) mass is 326 g/mol. The zero-order valence-electron chi connectivity index (χ0n) is 12.6. The number of hydrogen-bond donors (Lipinski definition) is 0. The van der Waals surface area contributed by atoms with Gasteiger partial charge in [0.15, 0.2) is 5.13 Å². The van der Waals surface area contributed by atoms with Gasteiger partial charge in [-0.3, -0.25) is 4.79 Å². The summed E-state index contributed by atoms with van der Waals surface area (Å²) in [7, 11) is 0. The van der Waals surface area contributed by atoms with Crippen molar-refractivity contribution >= 4 is 34.2 Å². The fourth-order valence-corrected chi connectivity index (χ4v) is 5.31. The largest absolute Gasteiger partial charge is 0.465 e. The Hall–Kier alpha value is -0.750. The average molecular weight is 326 g/mol. The van der Waals surface area contributed by atoms with E-state index in [4.69, 9.17) is 9.72 Å². The fourth-order valence-electron chi connectivity index (χ4n) is 2.96. The van der Waals surface area contributed by atoms with Crippen molar-refractivity contribution in [1.29, 1.82) is 0 Å². The second kappa shape index (κ2) is 6.57. The molecule has 1 aromatic heterocycles. The van der Waals surface area contributed by atoms with E-state index in [1.807, 2.05) is 6.92 Å². The average Bonchev–Trinajstić information content (AvgIpc) is 3.07. The molecule has 21 heavy (non-hydrogen) atoms. The topological polar surface area (TPSA) is 42.4 Å². The third kappa shape index (κ3) is 3.06. The summed E-state index contributed by atoms with van der Waals surface area (Å²) in [5.41, 5.74) is 0.986. The fraction of sp³-hybridized carbons (Fsp3) is 0.733. The van der Waals surface area contributed by atoms with Crippen LogP contribution in [0.2, 0.25) is 0 Å². The number of thiazole rings is 1. The Morgan fingerprint density at radius 3 is 3.10 bits per heavy atom. The van der Waals surface area contributed by atoms with Crippen LogP contribution in [-0.2, 0) is 16.0 Å². The highest BCUT2D eigenvalue weighted by Crippen LogP contribution is 2.41. The Kier molecular flexibility index (Phi) is 4.74. The van der Waals surface area contributed by atoms with Crippen LogP contribution < -0.4 is 4.90 Å². The Bertz CT molecular complexity index is 518. The number of rotatable bonds is 4. The van der Waals surface area contributed by atoms with Crippen molar-refractivity contribution in [3.8, 4) is 0 Å². The summed E-state index contributed by atoms with van der Waals surface area (Å²) >= 11 is 3.84. The van der Waals surface area contributed by atoms with Gasteiger partial charge in [-0.15, -0.1) is 11.3 Å². The lowest BCUT2D eigenvalue weighted by Gasteiger charge is -2.31. The van der Waals surface area contributed by atoms with E-state index in [2.05, 4.69) is 23.6 Å². The molecule has 2 unspecified atom stereocenters. The summed E-state index contributed by atoms with van der Waals surface area (Å²) in [6.07, 6.45) is 3.04. The smallest absolute Gasteiger partial charge is 0.315 e. The van der Waals surface area contributed by atoms with Gasteiger partial charge in [0, 0.05) is 29.0 Å². The van der Waals surface area contributed by atoms with Crippen LogP contribution in [0.3, 0.4) is 0 Å². The number of aromatic nitrogens is 1. The van der Waals surface area contributed by atoms with Gasteiger partial charge in [-0.25, -0.2) is 4.98 Å². The van der Waals surface area contributed by atoms with E-state index >= 15 is 0 Å². The van der Waals surface area contributed by atoms with Gasteiger partial charge in [-0.2, -0.15) is 11.8 Å². The van der Waals surface area contributed by atoms with Crippen LogP contribution in [0.15, 0.2) is 0 Å². The molecule has 3 rings (SSSR count). The van der Waals surface area contributed by atoms with Crippen molar-refractivity contribution in [2.45, 2.75) is 44.3 Å². The van der Waals surface area contributed by atoms with Crippen LogP contribution in [0.4, 0.5) is 5.13 Å². The Morgan fingerprint density at radius 2 is 2.33 bits per heavy atom. The number of thioether (sulfide) groups is 1. The van der Waals surface area contributed by atoms with Gasteiger partial charge in [-0.1, -0.05) is 6.92 Å². The molecular formula is C15H22N2O2S2. The number of aryl methyl sites for hydroxylation is 1. The lowest BCUT2D eigenvalue weighted by atomic mass is 10.1. The van der Waals surface area contributed by atoms with Crippen molar-refractivity contribution < 1.29 is 9.53 Å². The molecule has 0 amide bonds. The van der Waals surface area contributed by atoms with Crippen LogP contribution in [0.5, 0.6) is 0 Å². The second-order valence-corrected chi connectivity index (χ2v) is 7.97. The third-order valence-electron chi connectivity index (χ3n) is 4.14. The van der Waals surface area contributed by atoms with E-state index in [0.717, 1.165) is 36.8 Å². The number of esters is 1. The summed E-state index contributed by atoms with van der Waals surface area (Å²) in [6.45, 7) is 6.70. The molecule has 1 aliphatic carbocycles. The number of ether oxygens (including phenoxy) is 1. The first-order valence-corrected chi connectivity index (χ1v) is 9.62. The first-order chi connectivity index (χ1) is 10.2. The maximum absolute atomic E-state index is 12.0. The number of carbonyl (C=O) groups is 1. The van der Waals surface area contributed by atoms with E-state index in [1.165, 1.54) is 17.1 Å². The maximum atomic E-state index is 12.0. The Labute approximate surface area is 134 Å². The molecule has 116 valence electrons. The molecule has 4 nitrogen and oxygen atoms in total. The van der Waals surface area contributed by atoms with Gasteiger partial charge >= 0.3 is 5.97 Å². The van der Waals surface area contributed by atoms with E-state index in [1.54, 1.807) is 11.3 Å². The second-order valence-electron chi connectivity index (χ2n) is 5.50. The quantitative estimate of drug-likeness (QED) is 0.796. The first kappa shape index (κ1) is 15.2. The number of nitrogens with zero attached hydrogens (tertiary/aromatic N) is 2. The zero-order chi connectivity index (χ0) is 14.8. The molecule has 0 bridgehead atoms. The van der Waals surface area contributed by atoms with Crippen molar-refractivity contribution in [2.75, 3.05) is 30.3 Å². The number of fused-ring (bicyclic) bond motifs is 1. The maximum Gasteiger partial charge on any atom is 0.315 e. The Morgan fingerprint density at radius 1 is 1.48 bits per heavy atom. The van der Waals surface area contributed by atoms with Gasteiger partial charge in [0.05, 0.1) is 12.3 Å². The lowest BCUT2D eigenvalue weighted by Crippen LogP contribution is -2.37.